The minimum absolute atomic E-state index is 0.0379. The molecule has 1 atom stereocenters. The number of aromatic nitrogens is 2. The number of alkyl halides is 1. The Bertz CT molecular complexity index is 733. The average Bonchev–Trinajstić information content (AvgIpc) is 2.78. The van der Waals surface area contributed by atoms with Crippen LogP contribution in [0, 0.1) is 5.92 Å². The third-order valence-corrected chi connectivity index (χ3v) is 4.18. The van der Waals surface area contributed by atoms with Crippen LogP contribution in [0.2, 0.25) is 0 Å². The molecule has 5 nitrogen and oxygen atoms in total. The molecule has 1 aromatic heterocycles. The maximum Gasteiger partial charge on any atom is 0.442 e. The van der Waals surface area contributed by atoms with E-state index in [1.807, 2.05) is 34.6 Å². The largest absolute Gasteiger partial charge is 0.442 e. The van der Waals surface area contributed by atoms with Gasteiger partial charge in [-0.25, -0.2) is 4.79 Å². The Morgan fingerprint density at radius 1 is 1.32 bits per heavy atom. The van der Waals surface area contributed by atoms with Crippen LogP contribution >= 0.6 is 23.2 Å². The molecule has 0 aromatic carbocycles. The lowest BCUT2D eigenvalue weighted by molar-refractivity contribution is -0.114. The lowest BCUT2D eigenvalue weighted by atomic mass is 9.92. The summed E-state index contributed by atoms with van der Waals surface area (Å²) in [5, 5.41) is 3.23. The zero-order chi connectivity index (χ0) is 16.8. The lowest BCUT2D eigenvalue weighted by Crippen LogP contribution is -2.28. The van der Waals surface area contributed by atoms with E-state index in [4.69, 9.17) is 27.6 Å². The fraction of sp³-hybridized carbons (Fsp3) is 0.533. The fourth-order valence-electron chi connectivity index (χ4n) is 2.03. The van der Waals surface area contributed by atoms with Crippen molar-refractivity contribution in [1.82, 2.24) is 9.78 Å². The molecule has 1 aliphatic rings. The number of rotatable bonds is 2. The molecule has 7 heteroatoms. The van der Waals surface area contributed by atoms with Crippen LogP contribution in [0.1, 0.15) is 40.5 Å². The first kappa shape index (κ1) is 17.0. The van der Waals surface area contributed by atoms with Crippen LogP contribution in [0.15, 0.2) is 25.9 Å². The molecule has 0 saturated carbocycles. The number of carbonyl (C=O) groups is 1. The van der Waals surface area contributed by atoms with Gasteiger partial charge in [0.15, 0.2) is 5.78 Å². The van der Waals surface area contributed by atoms with Gasteiger partial charge in [-0.05, 0) is 17.6 Å². The van der Waals surface area contributed by atoms with Crippen molar-refractivity contribution in [1.29, 1.82) is 0 Å². The van der Waals surface area contributed by atoms with E-state index in [1.54, 1.807) is 6.08 Å². The second-order valence-corrected chi connectivity index (χ2v) is 7.37. The molecule has 1 aromatic rings. The van der Waals surface area contributed by atoms with E-state index in [1.165, 1.54) is 0 Å². The molecule has 2 rings (SSSR count). The molecule has 0 aliphatic heterocycles. The highest BCUT2D eigenvalue weighted by atomic mass is 35.5. The summed E-state index contributed by atoms with van der Waals surface area (Å²) in [7, 11) is 0. The molecule has 1 unspecified atom stereocenters. The van der Waals surface area contributed by atoms with E-state index in [0.29, 0.717) is 5.57 Å². The highest BCUT2D eigenvalue weighted by Crippen LogP contribution is 2.33. The maximum absolute atomic E-state index is 12.2. The molecule has 0 fully saturated rings. The van der Waals surface area contributed by atoms with E-state index in [0.717, 1.165) is 4.68 Å². The highest BCUT2D eigenvalue weighted by molar-refractivity contribution is 6.52. The third-order valence-electron chi connectivity index (χ3n) is 3.35. The SMILES string of the molecule is CC(C)C1=CC(n2nc(C(C)(C)C)oc2=O)=C(Cl)C(=O)C1Cl. The zero-order valence-electron chi connectivity index (χ0n) is 13.1. The predicted octanol–water partition coefficient (Wildman–Crippen LogP) is 3.31. The van der Waals surface area contributed by atoms with Gasteiger partial charge in [-0.15, -0.1) is 16.7 Å². The summed E-state index contributed by atoms with van der Waals surface area (Å²) < 4.78 is 6.19. The molecule has 0 amide bonds. The summed E-state index contributed by atoms with van der Waals surface area (Å²) in [5.41, 5.74) is 0.463. The fourth-order valence-corrected chi connectivity index (χ4v) is 2.75. The van der Waals surface area contributed by atoms with Crippen molar-refractivity contribution in [2.45, 2.75) is 45.4 Å². The minimum Gasteiger partial charge on any atom is -0.391 e. The smallest absolute Gasteiger partial charge is 0.391 e. The van der Waals surface area contributed by atoms with Crippen molar-refractivity contribution >= 4 is 34.7 Å². The van der Waals surface area contributed by atoms with Crippen LogP contribution in [0.25, 0.3) is 5.70 Å². The third kappa shape index (κ3) is 2.92. The zero-order valence-corrected chi connectivity index (χ0v) is 14.6. The van der Waals surface area contributed by atoms with Gasteiger partial charge in [0.25, 0.3) is 0 Å². The van der Waals surface area contributed by atoms with Gasteiger partial charge in [0.1, 0.15) is 10.4 Å². The van der Waals surface area contributed by atoms with Crippen molar-refractivity contribution in [3.63, 3.8) is 0 Å². The van der Waals surface area contributed by atoms with Gasteiger partial charge in [0, 0.05) is 5.41 Å². The number of nitrogens with zero attached hydrogens (tertiary/aromatic N) is 2. The normalized spacial score (nSPS) is 19.9. The molecular weight excluding hydrogens is 327 g/mol. The molecule has 1 heterocycles. The molecule has 0 spiro atoms. The number of hydrogen-bond donors (Lipinski definition) is 0. The summed E-state index contributed by atoms with van der Waals surface area (Å²) in [5.74, 6) is -0.805. The Balaban J connectivity index is 2.63. The Labute approximate surface area is 138 Å². The van der Waals surface area contributed by atoms with Crippen LogP contribution in [0.5, 0.6) is 0 Å². The maximum atomic E-state index is 12.2. The van der Waals surface area contributed by atoms with Crippen molar-refractivity contribution < 1.29 is 9.21 Å². The van der Waals surface area contributed by atoms with Crippen molar-refractivity contribution in [2.75, 3.05) is 0 Å². The molecule has 0 bridgehead atoms. The Hall–Kier alpha value is -1.33. The number of halogens is 2. The standard InChI is InChI=1S/C15H18Cl2N2O3/c1-7(2)8-6-9(11(17)12(20)10(8)16)19-14(21)22-13(18-19)15(3,4)5/h6-7,10H,1-5H3. The van der Waals surface area contributed by atoms with Crippen LogP contribution in [0.3, 0.4) is 0 Å². The van der Waals surface area contributed by atoms with Gasteiger partial charge in [-0.1, -0.05) is 46.2 Å². The van der Waals surface area contributed by atoms with E-state index >= 15 is 0 Å². The molecule has 120 valence electrons. The van der Waals surface area contributed by atoms with E-state index in [9.17, 15) is 9.59 Å². The second kappa shape index (κ2) is 5.70. The summed E-state index contributed by atoms with van der Waals surface area (Å²) >= 11 is 12.2. The molecule has 1 aliphatic carbocycles. The van der Waals surface area contributed by atoms with Gasteiger partial charge in [0.2, 0.25) is 5.89 Å². The monoisotopic (exact) mass is 344 g/mol. The molecule has 0 radical (unpaired) electrons. The van der Waals surface area contributed by atoms with Gasteiger partial charge in [-0.3, -0.25) is 4.79 Å². The molecular formula is C15H18Cl2N2O3. The lowest BCUT2D eigenvalue weighted by Gasteiger charge is -2.22. The quantitative estimate of drug-likeness (QED) is 0.772. The number of allylic oxidation sites excluding steroid dienone is 4. The molecule has 0 N–H and O–H groups in total. The van der Waals surface area contributed by atoms with Crippen molar-refractivity contribution in [2.24, 2.45) is 5.92 Å². The Morgan fingerprint density at radius 3 is 2.36 bits per heavy atom. The summed E-state index contributed by atoms with van der Waals surface area (Å²) in [6.07, 6.45) is 1.64. The first-order chi connectivity index (χ1) is 10.0. The van der Waals surface area contributed by atoms with E-state index in [2.05, 4.69) is 5.10 Å². The van der Waals surface area contributed by atoms with Crippen LogP contribution in [-0.4, -0.2) is 20.9 Å². The van der Waals surface area contributed by atoms with Crippen molar-refractivity contribution in [3.05, 3.63) is 33.1 Å². The summed E-state index contributed by atoms with van der Waals surface area (Å²) in [6, 6.07) is 0. The van der Waals surface area contributed by atoms with Gasteiger partial charge < -0.3 is 4.42 Å². The van der Waals surface area contributed by atoms with Crippen LogP contribution in [-0.2, 0) is 10.2 Å². The first-order valence-corrected chi connectivity index (χ1v) is 7.76. The average molecular weight is 345 g/mol. The second-order valence-electron chi connectivity index (χ2n) is 6.56. The van der Waals surface area contributed by atoms with E-state index < -0.39 is 22.3 Å². The van der Waals surface area contributed by atoms with E-state index in [-0.39, 0.29) is 22.5 Å². The highest BCUT2D eigenvalue weighted by Gasteiger charge is 2.33. The number of ketones is 1. The summed E-state index contributed by atoms with van der Waals surface area (Å²) in [6.45, 7) is 9.44. The topological polar surface area (TPSA) is 65.1 Å². The molecule has 22 heavy (non-hydrogen) atoms. The predicted molar refractivity (Wildman–Crippen MR) is 86.1 cm³/mol. The Morgan fingerprint density at radius 2 is 1.91 bits per heavy atom. The van der Waals surface area contributed by atoms with Gasteiger partial charge >= 0.3 is 5.76 Å². The number of Topliss-reactive ketones (excluding diaryl/α,β-unsaturated/α-hetero) is 1. The number of carbonyl (C=O) groups excluding carboxylic acids is 1. The Kier molecular flexibility index (Phi) is 4.42. The first-order valence-electron chi connectivity index (χ1n) is 6.94. The van der Waals surface area contributed by atoms with Crippen LogP contribution < -0.4 is 5.76 Å². The van der Waals surface area contributed by atoms with Gasteiger partial charge in [-0.2, -0.15) is 4.68 Å². The minimum atomic E-state index is -0.819. The van der Waals surface area contributed by atoms with Crippen LogP contribution in [0.4, 0.5) is 0 Å². The number of hydrogen-bond acceptors (Lipinski definition) is 4. The summed E-state index contributed by atoms with van der Waals surface area (Å²) in [4.78, 5) is 24.3. The van der Waals surface area contributed by atoms with Gasteiger partial charge in [0.05, 0.1) is 5.70 Å². The van der Waals surface area contributed by atoms with Crippen molar-refractivity contribution in [3.8, 4) is 0 Å². The molecule has 0 saturated heterocycles.